The minimum Gasteiger partial charge on any atom is -0.464 e. The molecule has 0 atom stereocenters. The molecule has 42 heavy (non-hydrogen) atoms. The zero-order chi connectivity index (χ0) is 29.4. The Hall–Kier alpha value is -3.83. The minimum atomic E-state index is -4.83. The number of hydrogen-bond acceptors (Lipinski definition) is 7. The summed E-state index contributed by atoms with van der Waals surface area (Å²) in [7, 11) is -3.05. The summed E-state index contributed by atoms with van der Waals surface area (Å²) < 4.78 is 25.0. The molecule has 5 aromatic rings. The number of rotatable bonds is 8. The molecule has 1 amide bonds. The third-order valence-electron chi connectivity index (χ3n) is 7.39. The molecule has 0 aliphatic heterocycles. The molecule has 1 saturated carbocycles. The first-order valence-electron chi connectivity index (χ1n) is 13.5. The van der Waals surface area contributed by atoms with Crippen molar-refractivity contribution in [3.63, 3.8) is 0 Å². The predicted molar refractivity (Wildman–Crippen MR) is 160 cm³/mol. The molecule has 3 aromatic heterocycles. The lowest BCUT2D eigenvalue weighted by Gasteiger charge is -2.22. The van der Waals surface area contributed by atoms with Crippen LogP contribution >= 0.6 is 19.6 Å². The van der Waals surface area contributed by atoms with Crippen molar-refractivity contribution in [1.29, 1.82) is 0 Å². The van der Waals surface area contributed by atoms with E-state index < -0.39 is 13.4 Å². The number of hydrogen-bond donors (Lipinski definition) is 3. The Bertz CT molecular complexity index is 1890. The molecule has 0 unspecified atom stereocenters. The Morgan fingerprint density at radius 3 is 2.69 bits per heavy atom. The van der Waals surface area contributed by atoms with Crippen LogP contribution in [0.2, 0.25) is 0 Å². The van der Waals surface area contributed by atoms with E-state index in [4.69, 9.17) is 13.9 Å². The highest BCUT2D eigenvalue weighted by molar-refractivity contribution is 7.99. The van der Waals surface area contributed by atoms with Gasteiger partial charge in [-0.05, 0) is 55.3 Å². The molecule has 0 saturated heterocycles. The molecule has 1 aliphatic rings. The molecule has 0 bridgehead atoms. The molecule has 0 spiro atoms. The van der Waals surface area contributed by atoms with Crippen LogP contribution in [0.5, 0.6) is 5.75 Å². The quantitative estimate of drug-likeness (QED) is 0.124. The van der Waals surface area contributed by atoms with Gasteiger partial charge >= 0.3 is 7.82 Å². The second kappa shape index (κ2) is 11.4. The summed E-state index contributed by atoms with van der Waals surface area (Å²) in [6, 6.07) is 15.4. The van der Waals surface area contributed by atoms with Crippen LogP contribution in [0.25, 0.3) is 38.9 Å². The zero-order valence-corrected chi connectivity index (χ0v) is 24.4. The normalized spacial score (nSPS) is 14.5. The van der Waals surface area contributed by atoms with E-state index >= 15 is 0 Å². The standard InChI is InChI=1S/C29H29N4O7PS/c1-32-23-13-12-18(24-11-6-14-39-24)15-22(23)26-27(32)28(35)33(20-9-5-10-21(16-20)40-41(36,37)38)29(31-26)42-17-25(34)30-19-7-3-2-4-8-19/h5-6,9-16,19H,2-4,7-8,17H2,1H3,(H,30,34)(H2,36,37,38). The molecule has 1 fully saturated rings. The van der Waals surface area contributed by atoms with Gasteiger partial charge in [0.25, 0.3) is 5.56 Å². The van der Waals surface area contributed by atoms with Crippen LogP contribution in [-0.4, -0.2) is 41.6 Å². The second-order valence-electron chi connectivity index (χ2n) is 10.3. The molecule has 3 heterocycles. The van der Waals surface area contributed by atoms with Crippen molar-refractivity contribution in [2.24, 2.45) is 7.05 Å². The van der Waals surface area contributed by atoms with Crippen molar-refractivity contribution in [2.75, 3.05) is 5.75 Å². The molecule has 3 N–H and O–H groups in total. The largest absolute Gasteiger partial charge is 0.524 e. The number of benzene rings is 2. The number of phosphoric acid groups is 1. The van der Waals surface area contributed by atoms with Crippen molar-refractivity contribution in [3.05, 3.63) is 71.2 Å². The highest BCUT2D eigenvalue weighted by Gasteiger charge is 2.23. The first-order chi connectivity index (χ1) is 20.2. The highest BCUT2D eigenvalue weighted by atomic mass is 32.2. The Labute approximate surface area is 244 Å². The summed E-state index contributed by atoms with van der Waals surface area (Å²) in [4.78, 5) is 50.7. The van der Waals surface area contributed by atoms with E-state index in [1.807, 2.05) is 24.3 Å². The maximum atomic E-state index is 14.2. The van der Waals surface area contributed by atoms with E-state index in [0.717, 1.165) is 53.9 Å². The number of nitrogens with one attached hydrogen (secondary N) is 1. The summed E-state index contributed by atoms with van der Waals surface area (Å²) in [5, 5.41) is 4.10. The maximum absolute atomic E-state index is 14.2. The van der Waals surface area contributed by atoms with Crippen molar-refractivity contribution >= 4 is 47.4 Å². The summed E-state index contributed by atoms with van der Waals surface area (Å²) in [6.07, 6.45) is 6.84. The van der Waals surface area contributed by atoms with Gasteiger partial charge in [0, 0.05) is 30.1 Å². The number of thioether (sulfide) groups is 1. The lowest BCUT2D eigenvalue weighted by molar-refractivity contribution is -0.119. The Morgan fingerprint density at radius 1 is 1.14 bits per heavy atom. The lowest BCUT2D eigenvalue weighted by Crippen LogP contribution is -2.37. The van der Waals surface area contributed by atoms with Crippen molar-refractivity contribution in [1.82, 2.24) is 19.4 Å². The summed E-state index contributed by atoms with van der Waals surface area (Å²) >= 11 is 1.12. The van der Waals surface area contributed by atoms with E-state index in [-0.39, 0.29) is 34.3 Å². The number of aromatic nitrogens is 3. The third-order valence-corrected chi connectivity index (χ3v) is 8.77. The zero-order valence-electron chi connectivity index (χ0n) is 22.7. The number of phosphoric ester groups is 1. The average molecular weight is 609 g/mol. The topological polar surface area (TPSA) is 149 Å². The van der Waals surface area contributed by atoms with Crippen molar-refractivity contribution < 1.29 is 28.1 Å². The molecular formula is C29H29N4O7PS. The highest BCUT2D eigenvalue weighted by Crippen LogP contribution is 2.38. The number of carbonyl (C=O) groups excluding carboxylic acids is 1. The average Bonchev–Trinajstić information content (AvgIpc) is 3.59. The van der Waals surface area contributed by atoms with Gasteiger partial charge in [-0.25, -0.2) is 9.55 Å². The fraction of sp³-hybridized carbons (Fsp3) is 0.276. The van der Waals surface area contributed by atoms with Gasteiger partial charge in [0.2, 0.25) is 5.91 Å². The van der Waals surface area contributed by atoms with Gasteiger partial charge in [-0.15, -0.1) is 0 Å². The van der Waals surface area contributed by atoms with Crippen molar-refractivity contribution in [3.8, 4) is 22.8 Å². The smallest absolute Gasteiger partial charge is 0.464 e. The van der Waals surface area contributed by atoms with E-state index in [1.54, 1.807) is 30.0 Å². The molecule has 1 aliphatic carbocycles. The van der Waals surface area contributed by atoms with Gasteiger partial charge in [-0.3, -0.25) is 23.9 Å². The van der Waals surface area contributed by atoms with E-state index in [1.165, 1.54) is 29.2 Å². The molecule has 13 heteroatoms. The van der Waals surface area contributed by atoms with Gasteiger partial charge in [0.05, 0.1) is 23.2 Å². The predicted octanol–water partition coefficient (Wildman–Crippen LogP) is 5.15. The molecule has 218 valence electrons. The van der Waals surface area contributed by atoms with Crippen LogP contribution in [0.3, 0.4) is 0 Å². The van der Waals surface area contributed by atoms with E-state index in [2.05, 4.69) is 5.32 Å². The SMILES string of the molecule is Cn1c2ccc(-c3ccco3)cc2c2nc(SCC(=O)NC3CCCCC3)n(-c3cccc(OP(=O)(O)O)c3)c(=O)c21. The van der Waals surface area contributed by atoms with Crippen LogP contribution in [0.1, 0.15) is 32.1 Å². The van der Waals surface area contributed by atoms with Gasteiger partial charge < -0.3 is 18.8 Å². The monoisotopic (exact) mass is 608 g/mol. The number of fused-ring (bicyclic) bond motifs is 3. The Kier molecular flexibility index (Phi) is 7.71. The van der Waals surface area contributed by atoms with E-state index in [9.17, 15) is 23.9 Å². The first kappa shape index (κ1) is 28.3. The van der Waals surface area contributed by atoms with Gasteiger partial charge in [0.1, 0.15) is 22.5 Å². The number of amides is 1. The molecular weight excluding hydrogens is 579 g/mol. The number of carbonyl (C=O) groups is 1. The van der Waals surface area contributed by atoms with E-state index in [0.29, 0.717) is 16.8 Å². The van der Waals surface area contributed by atoms with Crippen molar-refractivity contribution in [2.45, 2.75) is 43.3 Å². The molecule has 0 radical (unpaired) electrons. The molecule has 11 nitrogen and oxygen atoms in total. The summed E-state index contributed by atoms with van der Waals surface area (Å²) in [5.41, 5.74) is 2.30. The lowest BCUT2D eigenvalue weighted by atomic mass is 9.95. The van der Waals surface area contributed by atoms with Crippen LogP contribution in [0.4, 0.5) is 0 Å². The van der Waals surface area contributed by atoms with Crippen LogP contribution in [-0.2, 0) is 16.4 Å². The fourth-order valence-corrected chi connectivity index (χ4v) is 6.71. The fourth-order valence-electron chi connectivity index (χ4n) is 5.51. The van der Waals surface area contributed by atoms with Crippen LogP contribution in [0.15, 0.2) is 75.2 Å². The van der Waals surface area contributed by atoms with Gasteiger partial charge in [-0.1, -0.05) is 37.1 Å². The van der Waals surface area contributed by atoms with Crippen LogP contribution in [0, 0.1) is 0 Å². The number of aryl methyl sites for hydroxylation is 1. The second-order valence-corrected chi connectivity index (χ2v) is 12.4. The molecule has 6 rings (SSSR count). The van der Waals surface area contributed by atoms with Crippen LogP contribution < -0.4 is 15.4 Å². The Morgan fingerprint density at radius 2 is 1.95 bits per heavy atom. The maximum Gasteiger partial charge on any atom is 0.524 e. The number of nitrogens with zero attached hydrogens (tertiary/aromatic N) is 3. The molecule has 2 aromatic carbocycles. The third kappa shape index (κ3) is 5.76. The first-order valence-corrected chi connectivity index (χ1v) is 16.1. The summed E-state index contributed by atoms with van der Waals surface area (Å²) in [6.45, 7) is 0. The summed E-state index contributed by atoms with van der Waals surface area (Å²) in [5.74, 6) is 0.455. The minimum absolute atomic E-state index is 0.0372. The Balaban J connectivity index is 1.47. The number of furan rings is 1. The van der Waals surface area contributed by atoms with Gasteiger partial charge in [0.15, 0.2) is 5.16 Å². The van der Waals surface area contributed by atoms with Gasteiger partial charge in [-0.2, -0.15) is 0 Å².